The summed E-state index contributed by atoms with van der Waals surface area (Å²) in [6, 6.07) is 16.8. The summed E-state index contributed by atoms with van der Waals surface area (Å²) in [7, 11) is 0. The van der Waals surface area contributed by atoms with E-state index in [1.165, 1.54) is 17.0 Å². The van der Waals surface area contributed by atoms with Crippen LogP contribution in [-0.4, -0.2) is 67.8 Å². The number of tetrazole rings is 1. The Morgan fingerprint density at radius 3 is 2.55 bits per heavy atom. The fraction of sp³-hybridized carbons (Fsp3) is 0.391. The van der Waals surface area contributed by atoms with E-state index in [0.29, 0.717) is 5.82 Å². The van der Waals surface area contributed by atoms with Crippen LogP contribution in [0.15, 0.2) is 48.5 Å². The van der Waals surface area contributed by atoms with Gasteiger partial charge in [0.2, 0.25) is 5.82 Å². The van der Waals surface area contributed by atoms with Crippen LogP contribution in [0.25, 0.3) is 22.4 Å². The molecule has 2 aromatic carbocycles. The van der Waals surface area contributed by atoms with E-state index in [4.69, 9.17) is 4.98 Å². The van der Waals surface area contributed by atoms with E-state index < -0.39 is 0 Å². The van der Waals surface area contributed by atoms with Gasteiger partial charge in [0.15, 0.2) is 0 Å². The zero-order valence-corrected chi connectivity index (χ0v) is 17.9. The molecule has 0 unspecified atom stereocenters. The molecule has 0 amide bonds. The fourth-order valence-electron chi connectivity index (χ4n) is 4.46. The minimum absolute atomic E-state index is 0.647. The quantitative estimate of drug-likeness (QED) is 0.499. The number of nitrogens with zero attached hydrogens (tertiary/aromatic N) is 7. The van der Waals surface area contributed by atoms with Gasteiger partial charge in [-0.3, -0.25) is 4.90 Å². The summed E-state index contributed by atoms with van der Waals surface area (Å²) in [6.45, 7) is 8.29. The van der Waals surface area contributed by atoms with E-state index in [-0.39, 0.29) is 0 Å². The molecule has 1 fully saturated rings. The highest BCUT2D eigenvalue weighted by molar-refractivity contribution is 5.76. The van der Waals surface area contributed by atoms with E-state index in [1.54, 1.807) is 0 Å². The maximum atomic E-state index is 4.87. The molecule has 1 N–H and O–H groups in total. The first-order valence-electron chi connectivity index (χ1n) is 11.1. The third-order valence-corrected chi connectivity index (χ3v) is 6.05. The number of anilines is 1. The van der Waals surface area contributed by atoms with Gasteiger partial charge >= 0.3 is 0 Å². The van der Waals surface area contributed by atoms with E-state index in [2.05, 4.69) is 84.4 Å². The molecule has 0 radical (unpaired) electrons. The Kier molecular flexibility index (Phi) is 5.62. The van der Waals surface area contributed by atoms with Gasteiger partial charge in [-0.15, -0.1) is 10.2 Å². The van der Waals surface area contributed by atoms with Crippen molar-refractivity contribution < 1.29 is 0 Å². The number of fused-ring (bicyclic) bond motifs is 1. The first-order chi connectivity index (χ1) is 15.3. The van der Waals surface area contributed by atoms with Crippen LogP contribution in [0.3, 0.4) is 0 Å². The number of hydrogen-bond donors (Lipinski definition) is 1. The van der Waals surface area contributed by atoms with Crippen molar-refractivity contribution in [1.82, 2.24) is 35.1 Å². The fourth-order valence-corrected chi connectivity index (χ4v) is 4.46. The van der Waals surface area contributed by atoms with Crippen LogP contribution in [0.5, 0.6) is 0 Å². The van der Waals surface area contributed by atoms with Crippen molar-refractivity contribution in [3.8, 4) is 11.4 Å². The standard InChI is InChI=1S/C23H28N8/c1-2-7-22-24-19-9-4-6-11-21(19)31(22)17-14-29-12-15-30(16-13-29)20-10-5-3-8-18(20)23-25-27-28-26-23/h3-6,8-11H,2,7,12-17H2,1H3,(H,25,26,27,28). The highest BCUT2D eigenvalue weighted by Gasteiger charge is 2.21. The van der Waals surface area contributed by atoms with Crippen molar-refractivity contribution in [1.29, 1.82) is 0 Å². The van der Waals surface area contributed by atoms with E-state index in [9.17, 15) is 0 Å². The molecule has 1 aliphatic rings. The Hall–Kier alpha value is -3.26. The summed E-state index contributed by atoms with van der Waals surface area (Å²) >= 11 is 0. The number of piperazine rings is 1. The number of aryl methyl sites for hydroxylation is 1. The number of aromatic nitrogens is 6. The molecule has 1 aliphatic heterocycles. The molecule has 0 bridgehead atoms. The summed E-state index contributed by atoms with van der Waals surface area (Å²) < 4.78 is 2.41. The number of imidazole rings is 1. The molecular weight excluding hydrogens is 388 g/mol. The Bertz CT molecular complexity index is 1130. The molecule has 8 heteroatoms. The van der Waals surface area contributed by atoms with Gasteiger partial charge in [0.25, 0.3) is 0 Å². The highest BCUT2D eigenvalue weighted by Crippen LogP contribution is 2.28. The largest absolute Gasteiger partial charge is 0.368 e. The molecule has 4 aromatic rings. The predicted octanol–water partition coefficient (Wildman–Crippen LogP) is 2.99. The number of aromatic amines is 1. The number of nitrogens with one attached hydrogen (secondary N) is 1. The number of H-pyrrole nitrogens is 1. The molecule has 5 rings (SSSR count). The summed E-state index contributed by atoms with van der Waals surface area (Å²) in [5.41, 5.74) is 4.56. The SMILES string of the molecule is CCCc1nc2ccccc2n1CCN1CCN(c2ccccc2-c2nn[nH]n2)CC1. The Labute approximate surface area is 181 Å². The van der Waals surface area contributed by atoms with Crippen molar-refractivity contribution in [2.45, 2.75) is 26.3 Å². The minimum atomic E-state index is 0.647. The normalized spacial score (nSPS) is 15.1. The minimum Gasteiger partial charge on any atom is -0.368 e. The third kappa shape index (κ3) is 4.03. The van der Waals surface area contributed by atoms with Crippen molar-refractivity contribution in [3.63, 3.8) is 0 Å². The van der Waals surface area contributed by atoms with Gasteiger partial charge in [-0.2, -0.15) is 5.21 Å². The third-order valence-electron chi connectivity index (χ3n) is 6.05. The molecular formula is C23H28N8. The lowest BCUT2D eigenvalue weighted by Gasteiger charge is -2.36. The zero-order chi connectivity index (χ0) is 21.0. The Balaban J connectivity index is 1.25. The van der Waals surface area contributed by atoms with Crippen molar-refractivity contribution in [3.05, 3.63) is 54.4 Å². The molecule has 3 heterocycles. The molecule has 8 nitrogen and oxygen atoms in total. The second-order valence-electron chi connectivity index (χ2n) is 8.00. The van der Waals surface area contributed by atoms with Crippen LogP contribution in [0.1, 0.15) is 19.2 Å². The molecule has 0 spiro atoms. The smallest absolute Gasteiger partial charge is 0.206 e. The first-order valence-corrected chi connectivity index (χ1v) is 11.1. The molecule has 2 aromatic heterocycles. The van der Waals surface area contributed by atoms with Crippen LogP contribution in [0.4, 0.5) is 5.69 Å². The second-order valence-corrected chi connectivity index (χ2v) is 8.00. The van der Waals surface area contributed by atoms with Gasteiger partial charge in [-0.25, -0.2) is 4.98 Å². The van der Waals surface area contributed by atoms with Crippen LogP contribution < -0.4 is 4.90 Å². The molecule has 160 valence electrons. The molecule has 1 saturated heterocycles. The topological polar surface area (TPSA) is 78.8 Å². The van der Waals surface area contributed by atoms with Gasteiger partial charge in [0, 0.05) is 56.9 Å². The molecule has 0 aliphatic carbocycles. The van der Waals surface area contributed by atoms with E-state index >= 15 is 0 Å². The molecule has 31 heavy (non-hydrogen) atoms. The predicted molar refractivity (Wildman–Crippen MR) is 122 cm³/mol. The summed E-state index contributed by atoms with van der Waals surface area (Å²) in [6.07, 6.45) is 2.14. The van der Waals surface area contributed by atoms with Crippen molar-refractivity contribution >= 4 is 16.7 Å². The zero-order valence-electron chi connectivity index (χ0n) is 17.9. The lowest BCUT2D eigenvalue weighted by Crippen LogP contribution is -2.47. The van der Waals surface area contributed by atoms with Crippen LogP contribution in [0.2, 0.25) is 0 Å². The maximum Gasteiger partial charge on any atom is 0.206 e. The summed E-state index contributed by atoms with van der Waals surface area (Å²) in [5, 5.41) is 14.6. The van der Waals surface area contributed by atoms with Gasteiger partial charge < -0.3 is 9.47 Å². The van der Waals surface area contributed by atoms with E-state index in [1.807, 2.05) is 6.07 Å². The Morgan fingerprint density at radius 1 is 0.935 bits per heavy atom. The highest BCUT2D eigenvalue weighted by atomic mass is 15.5. The van der Waals surface area contributed by atoms with E-state index in [0.717, 1.165) is 63.2 Å². The number of para-hydroxylation sites is 3. The average Bonchev–Trinajstić information content (AvgIpc) is 3.47. The van der Waals surface area contributed by atoms with Gasteiger partial charge in [0.1, 0.15) is 5.82 Å². The van der Waals surface area contributed by atoms with Crippen molar-refractivity contribution in [2.75, 3.05) is 37.6 Å². The first kappa shape index (κ1) is 19.7. The number of benzene rings is 2. The molecule has 0 atom stereocenters. The van der Waals surface area contributed by atoms with Gasteiger partial charge in [0.05, 0.1) is 11.0 Å². The summed E-state index contributed by atoms with van der Waals surface area (Å²) in [5.74, 6) is 1.85. The van der Waals surface area contributed by atoms with Gasteiger partial charge in [-0.1, -0.05) is 31.2 Å². The average molecular weight is 417 g/mol. The van der Waals surface area contributed by atoms with Crippen LogP contribution >= 0.6 is 0 Å². The second kappa shape index (κ2) is 8.85. The van der Waals surface area contributed by atoms with Crippen LogP contribution in [-0.2, 0) is 13.0 Å². The lowest BCUT2D eigenvalue weighted by atomic mass is 10.1. The van der Waals surface area contributed by atoms with Gasteiger partial charge in [-0.05, 0) is 35.9 Å². The van der Waals surface area contributed by atoms with Crippen LogP contribution in [0, 0.1) is 0 Å². The maximum absolute atomic E-state index is 4.87. The Morgan fingerprint density at radius 2 is 1.74 bits per heavy atom. The lowest BCUT2D eigenvalue weighted by molar-refractivity contribution is 0.248. The number of rotatable bonds is 7. The molecule has 0 saturated carbocycles. The van der Waals surface area contributed by atoms with Crippen molar-refractivity contribution in [2.24, 2.45) is 0 Å². The monoisotopic (exact) mass is 416 g/mol. The summed E-state index contributed by atoms with van der Waals surface area (Å²) in [4.78, 5) is 9.85. The number of hydrogen-bond acceptors (Lipinski definition) is 6.